The molecule has 6 heteroatoms. The number of rotatable bonds is 3. The lowest BCUT2D eigenvalue weighted by molar-refractivity contribution is -0.141. The second-order valence-electron chi connectivity index (χ2n) is 4.81. The van der Waals surface area contributed by atoms with Crippen molar-refractivity contribution >= 4 is 11.7 Å². The zero-order valence-corrected chi connectivity index (χ0v) is 10.1. The van der Waals surface area contributed by atoms with Crippen molar-refractivity contribution in [3.8, 4) is 0 Å². The van der Waals surface area contributed by atoms with E-state index in [1.807, 2.05) is 0 Å². The molecule has 0 aliphatic heterocycles. The Bertz CT molecular complexity index is 495. The number of nitrogen functional groups attached to an aromatic ring is 1. The van der Waals surface area contributed by atoms with E-state index in [1.165, 1.54) is 12.1 Å². The summed E-state index contributed by atoms with van der Waals surface area (Å²) < 4.78 is 38.3. The van der Waals surface area contributed by atoms with Crippen LogP contribution in [0.1, 0.15) is 36.3 Å². The smallest absolute Gasteiger partial charge is 0.418 e. The fourth-order valence-corrected chi connectivity index (χ4v) is 2.46. The van der Waals surface area contributed by atoms with Gasteiger partial charge in [-0.15, -0.1) is 0 Å². The third kappa shape index (κ3) is 2.52. The Balaban J connectivity index is 2.46. The van der Waals surface area contributed by atoms with Crippen molar-refractivity contribution in [2.45, 2.75) is 31.4 Å². The number of hydrogen-bond donors (Lipinski definition) is 2. The van der Waals surface area contributed by atoms with Gasteiger partial charge in [0, 0.05) is 5.69 Å². The molecule has 0 saturated heterocycles. The molecule has 1 unspecified atom stereocenters. The first-order chi connectivity index (χ1) is 8.82. The Kier molecular flexibility index (Phi) is 3.43. The average Bonchev–Trinajstić information content (AvgIpc) is 2.22. The molecule has 0 radical (unpaired) electrons. The van der Waals surface area contributed by atoms with E-state index < -0.39 is 29.3 Å². The molecule has 0 bridgehead atoms. The molecule has 1 atom stereocenters. The number of para-hydroxylation sites is 1. The highest BCUT2D eigenvalue weighted by molar-refractivity contribution is 5.80. The van der Waals surface area contributed by atoms with E-state index in [1.54, 1.807) is 0 Å². The number of aliphatic carboxylic acids is 1. The molecule has 0 amide bonds. The minimum atomic E-state index is -4.57. The van der Waals surface area contributed by atoms with Crippen LogP contribution in [-0.2, 0) is 11.0 Å². The van der Waals surface area contributed by atoms with Gasteiger partial charge in [-0.2, -0.15) is 13.2 Å². The molecule has 0 aromatic heterocycles. The van der Waals surface area contributed by atoms with E-state index in [2.05, 4.69) is 0 Å². The molecule has 1 aromatic rings. The highest BCUT2D eigenvalue weighted by Gasteiger charge is 2.39. The maximum atomic E-state index is 12.8. The normalized spacial score (nSPS) is 17.8. The van der Waals surface area contributed by atoms with Gasteiger partial charge in [-0.3, -0.25) is 4.79 Å². The van der Waals surface area contributed by atoms with E-state index in [-0.39, 0.29) is 11.5 Å². The highest BCUT2D eigenvalue weighted by Crippen LogP contribution is 2.44. The molecule has 1 aliphatic carbocycles. The minimum absolute atomic E-state index is 0.0759. The number of anilines is 1. The van der Waals surface area contributed by atoms with Crippen LogP contribution in [0, 0.1) is 5.92 Å². The quantitative estimate of drug-likeness (QED) is 0.831. The molecular formula is C13H14F3NO2. The number of benzene rings is 1. The number of halogens is 3. The summed E-state index contributed by atoms with van der Waals surface area (Å²) in [6.45, 7) is 0. The third-order valence-corrected chi connectivity index (χ3v) is 3.67. The van der Waals surface area contributed by atoms with Crippen molar-refractivity contribution in [1.82, 2.24) is 0 Å². The standard InChI is InChI=1S/C13H14F3NO2/c14-13(15,16)9-6-2-5-8(11(9)17)10(12(18)19)7-3-1-4-7/h2,5-7,10H,1,3-4,17H2,(H,18,19). The molecular weight excluding hydrogens is 259 g/mol. The van der Waals surface area contributed by atoms with Gasteiger partial charge in [0.1, 0.15) is 0 Å². The Hall–Kier alpha value is -1.72. The number of carboxylic acid groups (broad SMARTS) is 1. The Morgan fingerprint density at radius 1 is 1.37 bits per heavy atom. The van der Waals surface area contributed by atoms with Crippen LogP contribution in [0.5, 0.6) is 0 Å². The number of nitrogens with two attached hydrogens (primary N) is 1. The summed E-state index contributed by atoms with van der Waals surface area (Å²) in [5, 5.41) is 9.24. The maximum Gasteiger partial charge on any atom is 0.418 e. The summed E-state index contributed by atoms with van der Waals surface area (Å²) in [6.07, 6.45) is -2.23. The van der Waals surface area contributed by atoms with Gasteiger partial charge in [0.15, 0.2) is 0 Å². The molecule has 1 aromatic carbocycles. The van der Waals surface area contributed by atoms with Crippen molar-refractivity contribution in [2.75, 3.05) is 5.73 Å². The Labute approximate surface area is 108 Å². The van der Waals surface area contributed by atoms with E-state index in [4.69, 9.17) is 5.73 Å². The molecule has 2 rings (SSSR count). The fraction of sp³-hybridized carbons (Fsp3) is 0.462. The lowest BCUT2D eigenvalue weighted by atomic mass is 9.72. The van der Waals surface area contributed by atoms with Crippen LogP contribution in [0.25, 0.3) is 0 Å². The molecule has 1 aliphatic rings. The lowest BCUT2D eigenvalue weighted by Crippen LogP contribution is -2.28. The van der Waals surface area contributed by atoms with Crippen molar-refractivity contribution < 1.29 is 23.1 Å². The predicted molar refractivity (Wildman–Crippen MR) is 63.6 cm³/mol. The van der Waals surface area contributed by atoms with Crippen LogP contribution < -0.4 is 5.73 Å². The largest absolute Gasteiger partial charge is 0.481 e. The molecule has 104 valence electrons. The fourth-order valence-electron chi connectivity index (χ4n) is 2.46. The molecule has 0 heterocycles. The van der Waals surface area contributed by atoms with Gasteiger partial charge in [-0.25, -0.2) is 0 Å². The average molecular weight is 273 g/mol. The van der Waals surface area contributed by atoms with Crippen molar-refractivity contribution in [3.63, 3.8) is 0 Å². The van der Waals surface area contributed by atoms with Gasteiger partial charge in [0.05, 0.1) is 11.5 Å². The van der Waals surface area contributed by atoms with Crippen molar-refractivity contribution in [1.29, 1.82) is 0 Å². The summed E-state index contributed by atoms with van der Waals surface area (Å²) in [7, 11) is 0. The van der Waals surface area contributed by atoms with Crippen LogP contribution in [0.3, 0.4) is 0 Å². The predicted octanol–water partition coefficient (Wildman–Crippen LogP) is 3.26. The maximum absolute atomic E-state index is 12.8. The van der Waals surface area contributed by atoms with E-state index >= 15 is 0 Å². The first-order valence-corrected chi connectivity index (χ1v) is 6.00. The van der Waals surface area contributed by atoms with E-state index in [0.717, 1.165) is 12.5 Å². The van der Waals surface area contributed by atoms with Crippen LogP contribution in [0.2, 0.25) is 0 Å². The van der Waals surface area contributed by atoms with Gasteiger partial charge >= 0.3 is 12.1 Å². The zero-order chi connectivity index (χ0) is 14.2. The van der Waals surface area contributed by atoms with Gasteiger partial charge in [-0.05, 0) is 30.4 Å². The lowest BCUT2D eigenvalue weighted by Gasteiger charge is -2.32. The summed E-state index contributed by atoms with van der Waals surface area (Å²) in [6, 6.07) is 3.46. The highest BCUT2D eigenvalue weighted by atomic mass is 19.4. The second kappa shape index (κ2) is 4.75. The number of carboxylic acids is 1. The third-order valence-electron chi connectivity index (χ3n) is 3.67. The topological polar surface area (TPSA) is 63.3 Å². The number of alkyl halides is 3. The molecule has 0 spiro atoms. The first-order valence-electron chi connectivity index (χ1n) is 6.00. The minimum Gasteiger partial charge on any atom is -0.481 e. The van der Waals surface area contributed by atoms with Crippen LogP contribution in [-0.4, -0.2) is 11.1 Å². The Morgan fingerprint density at radius 2 is 2.00 bits per heavy atom. The van der Waals surface area contributed by atoms with Crippen LogP contribution in [0.15, 0.2) is 18.2 Å². The molecule has 3 nitrogen and oxygen atoms in total. The van der Waals surface area contributed by atoms with Crippen molar-refractivity contribution in [3.05, 3.63) is 29.3 Å². The van der Waals surface area contributed by atoms with E-state index in [9.17, 15) is 23.1 Å². The Morgan fingerprint density at radius 3 is 2.42 bits per heavy atom. The van der Waals surface area contributed by atoms with Gasteiger partial charge in [0.2, 0.25) is 0 Å². The van der Waals surface area contributed by atoms with Gasteiger partial charge < -0.3 is 10.8 Å². The summed E-state index contributed by atoms with van der Waals surface area (Å²) in [5.41, 5.74) is 4.19. The SMILES string of the molecule is Nc1c(C(C(=O)O)C2CCC2)cccc1C(F)(F)F. The van der Waals surface area contributed by atoms with Crippen molar-refractivity contribution in [2.24, 2.45) is 5.92 Å². The van der Waals surface area contributed by atoms with Crippen LogP contribution >= 0.6 is 0 Å². The van der Waals surface area contributed by atoms with Gasteiger partial charge in [0.25, 0.3) is 0 Å². The molecule has 1 fully saturated rings. The first kappa shape index (κ1) is 13.7. The van der Waals surface area contributed by atoms with Gasteiger partial charge in [-0.1, -0.05) is 18.6 Å². The monoisotopic (exact) mass is 273 g/mol. The summed E-state index contributed by atoms with van der Waals surface area (Å²) in [5.74, 6) is -2.19. The summed E-state index contributed by atoms with van der Waals surface area (Å²) in [4.78, 5) is 11.3. The second-order valence-corrected chi connectivity index (χ2v) is 4.81. The molecule has 19 heavy (non-hydrogen) atoms. The zero-order valence-electron chi connectivity index (χ0n) is 10.1. The molecule has 3 N–H and O–H groups in total. The summed E-state index contributed by atoms with van der Waals surface area (Å²) >= 11 is 0. The van der Waals surface area contributed by atoms with Crippen LogP contribution in [0.4, 0.5) is 18.9 Å². The van der Waals surface area contributed by atoms with E-state index in [0.29, 0.717) is 12.8 Å². The number of hydrogen-bond acceptors (Lipinski definition) is 2. The number of carbonyl (C=O) groups is 1. The molecule has 1 saturated carbocycles.